The molecule has 0 spiro atoms. The Morgan fingerprint density at radius 3 is 2.64 bits per heavy atom. The number of hydrogen-bond acceptors (Lipinski definition) is 3. The van der Waals surface area contributed by atoms with Crippen LogP contribution >= 0.6 is 0 Å². The summed E-state index contributed by atoms with van der Waals surface area (Å²) in [7, 11) is 0. The molecule has 6 heteroatoms. The molecule has 3 rings (SSSR count). The van der Waals surface area contributed by atoms with Gasteiger partial charge in [0.05, 0.1) is 18.4 Å². The fraction of sp³-hybridized carbons (Fsp3) is 0.526. The van der Waals surface area contributed by atoms with Crippen LogP contribution in [0.5, 0.6) is 0 Å². The lowest BCUT2D eigenvalue weighted by Gasteiger charge is -2.37. The van der Waals surface area contributed by atoms with Gasteiger partial charge in [0.15, 0.2) is 0 Å². The molecule has 2 aliphatic rings. The van der Waals surface area contributed by atoms with E-state index in [0.717, 1.165) is 24.9 Å². The van der Waals surface area contributed by atoms with Crippen LogP contribution in [0.15, 0.2) is 30.3 Å². The quantitative estimate of drug-likeness (QED) is 0.881. The second-order valence-corrected chi connectivity index (χ2v) is 6.82. The van der Waals surface area contributed by atoms with Gasteiger partial charge in [0, 0.05) is 33.1 Å². The Kier molecular flexibility index (Phi) is 5.36. The first-order valence-corrected chi connectivity index (χ1v) is 8.94. The minimum Gasteiger partial charge on any atom is -0.354 e. The summed E-state index contributed by atoms with van der Waals surface area (Å²) in [6, 6.07) is 9.47. The molecule has 1 aromatic carbocycles. The van der Waals surface area contributed by atoms with Gasteiger partial charge in [-0.3, -0.25) is 14.4 Å². The number of nitrogens with one attached hydrogen (secondary N) is 1. The van der Waals surface area contributed by atoms with Crippen molar-refractivity contribution in [2.75, 3.05) is 26.2 Å². The molecule has 6 nitrogen and oxygen atoms in total. The van der Waals surface area contributed by atoms with Gasteiger partial charge >= 0.3 is 0 Å². The van der Waals surface area contributed by atoms with E-state index >= 15 is 0 Å². The summed E-state index contributed by atoms with van der Waals surface area (Å²) in [5.41, 5.74) is 0.979. The molecule has 134 valence electrons. The predicted molar refractivity (Wildman–Crippen MR) is 93.5 cm³/mol. The molecule has 0 aromatic heterocycles. The molecule has 2 aliphatic heterocycles. The minimum absolute atomic E-state index is 0.0184. The molecule has 0 radical (unpaired) electrons. The number of piperidine rings is 1. The topological polar surface area (TPSA) is 69.7 Å². The van der Waals surface area contributed by atoms with E-state index in [4.69, 9.17) is 0 Å². The van der Waals surface area contributed by atoms with Crippen molar-refractivity contribution in [2.45, 2.75) is 32.2 Å². The Hall–Kier alpha value is -2.37. The number of likely N-dealkylation sites (tertiary alicyclic amines) is 1. The third kappa shape index (κ3) is 4.00. The van der Waals surface area contributed by atoms with Gasteiger partial charge in [0.1, 0.15) is 0 Å². The Morgan fingerprint density at radius 2 is 1.92 bits per heavy atom. The van der Waals surface area contributed by atoms with Crippen LogP contribution in [0.1, 0.15) is 37.8 Å². The van der Waals surface area contributed by atoms with Crippen molar-refractivity contribution in [3.8, 4) is 0 Å². The SMILES string of the molecule is CC(=O)N1CCC[C@H](C(=O)N2CCNC(=O)C[C@H]2c2ccccc2)C1. The first-order chi connectivity index (χ1) is 12.1. The molecule has 3 amide bonds. The van der Waals surface area contributed by atoms with E-state index in [0.29, 0.717) is 19.6 Å². The molecule has 0 bridgehead atoms. The zero-order valence-electron chi connectivity index (χ0n) is 14.6. The zero-order valence-corrected chi connectivity index (χ0v) is 14.6. The number of benzene rings is 1. The van der Waals surface area contributed by atoms with E-state index in [1.54, 1.807) is 11.8 Å². The molecular weight excluding hydrogens is 318 g/mol. The van der Waals surface area contributed by atoms with Crippen LogP contribution in [-0.2, 0) is 14.4 Å². The molecule has 2 fully saturated rings. The summed E-state index contributed by atoms with van der Waals surface area (Å²) < 4.78 is 0. The van der Waals surface area contributed by atoms with Gasteiger partial charge < -0.3 is 15.1 Å². The number of nitrogens with zero attached hydrogens (tertiary/aromatic N) is 2. The average Bonchev–Trinajstić information content (AvgIpc) is 2.83. The molecule has 0 unspecified atom stereocenters. The number of amides is 3. The van der Waals surface area contributed by atoms with Gasteiger partial charge in [-0.25, -0.2) is 0 Å². The fourth-order valence-electron chi connectivity index (χ4n) is 3.77. The number of rotatable bonds is 2. The Bertz CT molecular complexity index is 647. The van der Waals surface area contributed by atoms with Crippen LogP contribution in [0.3, 0.4) is 0 Å². The van der Waals surface area contributed by atoms with Crippen molar-refractivity contribution in [2.24, 2.45) is 5.92 Å². The van der Waals surface area contributed by atoms with Crippen molar-refractivity contribution in [3.63, 3.8) is 0 Å². The summed E-state index contributed by atoms with van der Waals surface area (Å²) in [6.45, 7) is 3.72. The molecule has 2 atom stereocenters. The van der Waals surface area contributed by atoms with E-state index in [-0.39, 0.29) is 36.1 Å². The molecular formula is C19H25N3O3. The molecule has 2 heterocycles. The van der Waals surface area contributed by atoms with E-state index in [1.807, 2.05) is 35.2 Å². The van der Waals surface area contributed by atoms with Gasteiger partial charge in [-0.05, 0) is 18.4 Å². The Morgan fingerprint density at radius 1 is 1.16 bits per heavy atom. The molecule has 2 saturated heterocycles. The summed E-state index contributed by atoms with van der Waals surface area (Å²) in [5.74, 6) is -0.142. The van der Waals surface area contributed by atoms with Gasteiger partial charge in [-0.1, -0.05) is 30.3 Å². The lowest BCUT2D eigenvalue weighted by molar-refractivity contribution is -0.142. The number of hydrogen-bond donors (Lipinski definition) is 1. The molecule has 1 aromatic rings. The first kappa shape index (κ1) is 17.5. The lowest BCUT2D eigenvalue weighted by Crippen LogP contribution is -2.47. The minimum atomic E-state index is -0.246. The first-order valence-electron chi connectivity index (χ1n) is 8.94. The highest BCUT2D eigenvalue weighted by molar-refractivity contribution is 5.83. The fourth-order valence-corrected chi connectivity index (χ4v) is 3.77. The Balaban J connectivity index is 1.82. The summed E-state index contributed by atoms with van der Waals surface area (Å²) in [4.78, 5) is 40.5. The maximum Gasteiger partial charge on any atom is 0.228 e. The molecule has 25 heavy (non-hydrogen) atoms. The van der Waals surface area contributed by atoms with Gasteiger partial charge in [-0.15, -0.1) is 0 Å². The molecule has 0 aliphatic carbocycles. The van der Waals surface area contributed by atoms with Crippen LogP contribution in [0.25, 0.3) is 0 Å². The third-order valence-electron chi connectivity index (χ3n) is 5.11. The largest absolute Gasteiger partial charge is 0.354 e. The number of carbonyl (C=O) groups is 3. The highest BCUT2D eigenvalue weighted by atomic mass is 16.2. The van der Waals surface area contributed by atoms with Crippen molar-refractivity contribution in [1.82, 2.24) is 15.1 Å². The van der Waals surface area contributed by atoms with Gasteiger partial charge in [0.2, 0.25) is 17.7 Å². The molecule has 1 N–H and O–H groups in total. The van der Waals surface area contributed by atoms with Crippen molar-refractivity contribution < 1.29 is 14.4 Å². The standard InChI is InChI=1S/C19H25N3O3/c1-14(23)21-10-5-8-16(13-21)19(25)22-11-9-20-18(24)12-17(22)15-6-3-2-4-7-15/h2-4,6-7,16-17H,5,8-13H2,1H3,(H,20,24)/t16-,17-/m0/s1. The van der Waals surface area contributed by atoms with E-state index < -0.39 is 0 Å². The van der Waals surface area contributed by atoms with Crippen LogP contribution in [-0.4, -0.2) is 53.7 Å². The normalized spacial score (nSPS) is 24.4. The third-order valence-corrected chi connectivity index (χ3v) is 5.11. The highest BCUT2D eigenvalue weighted by Crippen LogP contribution is 2.29. The second-order valence-electron chi connectivity index (χ2n) is 6.82. The van der Waals surface area contributed by atoms with Crippen LogP contribution < -0.4 is 5.32 Å². The van der Waals surface area contributed by atoms with Crippen LogP contribution in [0.4, 0.5) is 0 Å². The van der Waals surface area contributed by atoms with Gasteiger partial charge in [-0.2, -0.15) is 0 Å². The average molecular weight is 343 g/mol. The van der Waals surface area contributed by atoms with E-state index in [2.05, 4.69) is 5.32 Å². The molecule has 0 saturated carbocycles. The van der Waals surface area contributed by atoms with Crippen molar-refractivity contribution >= 4 is 17.7 Å². The van der Waals surface area contributed by atoms with Crippen LogP contribution in [0, 0.1) is 5.92 Å². The maximum absolute atomic E-state index is 13.2. The maximum atomic E-state index is 13.2. The second kappa shape index (κ2) is 7.68. The highest BCUT2D eigenvalue weighted by Gasteiger charge is 2.35. The summed E-state index contributed by atoms with van der Waals surface area (Å²) >= 11 is 0. The zero-order chi connectivity index (χ0) is 17.8. The summed E-state index contributed by atoms with van der Waals surface area (Å²) in [5, 5.41) is 2.86. The lowest BCUT2D eigenvalue weighted by atomic mass is 9.94. The van der Waals surface area contributed by atoms with Crippen molar-refractivity contribution in [1.29, 1.82) is 0 Å². The summed E-state index contributed by atoms with van der Waals surface area (Å²) in [6.07, 6.45) is 1.91. The smallest absolute Gasteiger partial charge is 0.228 e. The van der Waals surface area contributed by atoms with E-state index in [9.17, 15) is 14.4 Å². The van der Waals surface area contributed by atoms with Crippen molar-refractivity contribution in [3.05, 3.63) is 35.9 Å². The predicted octanol–water partition coefficient (Wildman–Crippen LogP) is 1.33. The monoisotopic (exact) mass is 343 g/mol. The number of carbonyl (C=O) groups excluding carboxylic acids is 3. The Labute approximate surface area is 148 Å². The van der Waals surface area contributed by atoms with Crippen LogP contribution in [0.2, 0.25) is 0 Å². The van der Waals surface area contributed by atoms with E-state index in [1.165, 1.54) is 0 Å². The van der Waals surface area contributed by atoms with Gasteiger partial charge in [0.25, 0.3) is 0 Å².